The van der Waals surface area contributed by atoms with Crippen LogP contribution < -0.4 is 0 Å². The molecule has 0 amide bonds. The quantitative estimate of drug-likeness (QED) is 0.847. The van der Waals surface area contributed by atoms with Gasteiger partial charge in [-0.15, -0.1) is 0 Å². The van der Waals surface area contributed by atoms with E-state index in [2.05, 4.69) is 5.10 Å². The smallest absolute Gasteiger partial charge is 0.128 e. The molecule has 0 bridgehead atoms. The molecule has 1 unspecified atom stereocenters. The van der Waals surface area contributed by atoms with Crippen molar-refractivity contribution in [2.75, 3.05) is 6.61 Å². The third kappa shape index (κ3) is 3.65. The fourth-order valence-electron chi connectivity index (χ4n) is 1.60. The van der Waals surface area contributed by atoms with Crippen LogP contribution in [0.3, 0.4) is 0 Å². The molecular formula is C13H15FN2O2. The highest BCUT2D eigenvalue weighted by atomic mass is 19.1. The standard InChI is InChI=1S/C13H15FN2O2/c14-13-5-2-1-4-11(13)9-18-10-12(17)8-16-7-3-6-15-16/h1-7,12,17H,8-10H2. The van der Waals surface area contributed by atoms with Crippen LogP contribution in [0.4, 0.5) is 4.39 Å². The van der Waals surface area contributed by atoms with Gasteiger partial charge >= 0.3 is 0 Å². The third-order valence-electron chi connectivity index (χ3n) is 2.48. The molecule has 0 aliphatic heterocycles. The van der Waals surface area contributed by atoms with Gasteiger partial charge < -0.3 is 9.84 Å². The Morgan fingerprint density at radius 3 is 2.89 bits per heavy atom. The van der Waals surface area contributed by atoms with Gasteiger partial charge in [0.05, 0.1) is 25.9 Å². The Balaban J connectivity index is 1.74. The zero-order chi connectivity index (χ0) is 12.8. The summed E-state index contributed by atoms with van der Waals surface area (Å²) in [6.07, 6.45) is 2.75. The van der Waals surface area contributed by atoms with E-state index in [0.29, 0.717) is 12.1 Å². The van der Waals surface area contributed by atoms with Crippen LogP contribution in [0, 0.1) is 5.82 Å². The van der Waals surface area contributed by atoms with Crippen molar-refractivity contribution in [3.63, 3.8) is 0 Å². The summed E-state index contributed by atoms with van der Waals surface area (Å²) in [4.78, 5) is 0. The molecule has 0 radical (unpaired) electrons. The van der Waals surface area contributed by atoms with Gasteiger partial charge in [0, 0.05) is 18.0 Å². The van der Waals surface area contributed by atoms with Crippen molar-refractivity contribution in [2.45, 2.75) is 19.3 Å². The molecule has 0 saturated heterocycles. The third-order valence-corrected chi connectivity index (χ3v) is 2.48. The van der Waals surface area contributed by atoms with Gasteiger partial charge in [-0.25, -0.2) is 4.39 Å². The average molecular weight is 250 g/mol. The molecule has 0 aliphatic carbocycles. The number of aromatic nitrogens is 2. The second-order valence-electron chi connectivity index (χ2n) is 3.99. The molecule has 5 heteroatoms. The maximum Gasteiger partial charge on any atom is 0.128 e. The summed E-state index contributed by atoms with van der Waals surface area (Å²) in [5.41, 5.74) is 0.490. The number of aliphatic hydroxyl groups is 1. The number of benzene rings is 1. The number of hydrogen-bond acceptors (Lipinski definition) is 3. The van der Waals surface area contributed by atoms with Crippen molar-refractivity contribution in [2.24, 2.45) is 0 Å². The average Bonchev–Trinajstić information content (AvgIpc) is 2.84. The van der Waals surface area contributed by atoms with Gasteiger partial charge in [0.2, 0.25) is 0 Å². The molecule has 1 aromatic heterocycles. The molecule has 1 heterocycles. The molecule has 2 aromatic rings. The minimum Gasteiger partial charge on any atom is -0.389 e. The van der Waals surface area contributed by atoms with Gasteiger partial charge in [0.15, 0.2) is 0 Å². The zero-order valence-corrected chi connectivity index (χ0v) is 9.87. The molecule has 4 nitrogen and oxygen atoms in total. The molecule has 1 atom stereocenters. The van der Waals surface area contributed by atoms with Crippen LogP contribution in [0.1, 0.15) is 5.56 Å². The lowest BCUT2D eigenvalue weighted by Crippen LogP contribution is -2.22. The summed E-state index contributed by atoms with van der Waals surface area (Å²) in [6, 6.07) is 8.22. The lowest BCUT2D eigenvalue weighted by Gasteiger charge is -2.11. The number of rotatable bonds is 6. The first-order chi connectivity index (χ1) is 8.75. The van der Waals surface area contributed by atoms with Crippen molar-refractivity contribution in [3.05, 3.63) is 54.1 Å². The summed E-state index contributed by atoms with van der Waals surface area (Å²) in [7, 11) is 0. The first-order valence-electron chi connectivity index (χ1n) is 5.72. The van der Waals surface area contributed by atoms with E-state index >= 15 is 0 Å². The predicted octanol–water partition coefficient (Wildman–Crippen LogP) is 1.60. The molecule has 2 rings (SSSR count). The van der Waals surface area contributed by atoms with Gasteiger partial charge in [0.25, 0.3) is 0 Å². The molecule has 1 N–H and O–H groups in total. The zero-order valence-electron chi connectivity index (χ0n) is 9.87. The van der Waals surface area contributed by atoms with E-state index in [9.17, 15) is 9.50 Å². The highest BCUT2D eigenvalue weighted by Crippen LogP contribution is 2.07. The van der Waals surface area contributed by atoms with Crippen LogP contribution in [-0.4, -0.2) is 27.6 Å². The molecule has 18 heavy (non-hydrogen) atoms. The van der Waals surface area contributed by atoms with Crippen LogP contribution in [0.25, 0.3) is 0 Å². The number of halogens is 1. The van der Waals surface area contributed by atoms with Crippen molar-refractivity contribution in [3.8, 4) is 0 Å². The summed E-state index contributed by atoms with van der Waals surface area (Å²) in [5, 5.41) is 13.7. The van der Waals surface area contributed by atoms with Gasteiger partial charge in [-0.1, -0.05) is 18.2 Å². The Morgan fingerprint density at radius 2 is 2.17 bits per heavy atom. The number of nitrogens with zero attached hydrogens (tertiary/aromatic N) is 2. The number of aliphatic hydroxyl groups excluding tert-OH is 1. The van der Waals surface area contributed by atoms with Gasteiger partial charge in [0.1, 0.15) is 5.82 Å². The Morgan fingerprint density at radius 1 is 1.33 bits per heavy atom. The molecule has 0 fully saturated rings. The molecule has 0 spiro atoms. The van der Waals surface area contributed by atoms with Crippen molar-refractivity contribution >= 4 is 0 Å². The van der Waals surface area contributed by atoms with Crippen molar-refractivity contribution < 1.29 is 14.2 Å². The minimum atomic E-state index is -0.656. The molecule has 96 valence electrons. The molecular weight excluding hydrogens is 235 g/mol. The SMILES string of the molecule is OC(COCc1ccccc1F)Cn1cccn1. The summed E-state index contributed by atoms with van der Waals surface area (Å²) >= 11 is 0. The largest absolute Gasteiger partial charge is 0.389 e. The second-order valence-corrected chi connectivity index (χ2v) is 3.99. The summed E-state index contributed by atoms with van der Waals surface area (Å²) in [5.74, 6) is -0.293. The maximum absolute atomic E-state index is 13.3. The van der Waals surface area contributed by atoms with Crippen LogP contribution in [0.15, 0.2) is 42.7 Å². The van der Waals surface area contributed by atoms with E-state index in [0.717, 1.165) is 0 Å². The van der Waals surface area contributed by atoms with Crippen LogP contribution in [-0.2, 0) is 17.9 Å². The lowest BCUT2D eigenvalue weighted by atomic mass is 10.2. The maximum atomic E-state index is 13.3. The minimum absolute atomic E-state index is 0.147. The van der Waals surface area contributed by atoms with Crippen LogP contribution in [0.5, 0.6) is 0 Å². The highest BCUT2D eigenvalue weighted by Gasteiger charge is 2.07. The molecule has 1 aromatic carbocycles. The monoisotopic (exact) mass is 250 g/mol. The normalized spacial score (nSPS) is 12.6. The number of hydrogen-bond donors (Lipinski definition) is 1. The van der Waals surface area contributed by atoms with Crippen molar-refractivity contribution in [1.82, 2.24) is 9.78 Å². The topological polar surface area (TPSA) is 47.3 Å². The van der Waals surface area contributed by atoms with Gasteiger partial charge in [-0.2, -0.15) is 5.10 Å². The van der Waals surface area contributed by atoms with Crippen molar-refractivity contribution in [1.29, 1.82) is 0 Å². The lowest BCUT2D eigenvalue weighted by molar-refractivity contribution is 0.0178. The Bertz CT molecular complexity index is 474. The van der Waals surface area contributed by atoms with Gasteiger partial charge in [-0.05, 0) is 12.1 Å². The van der Waals surface area contributed by atoms with E-state index < -0.39 is 6.10 Å². The van der Waals surface area contributed by atoms with Crippen LogP contribution in [0.2, 0.25) is 0 Å². The first kappa shape index (κ1) is 12.7. The predicted molar refractivity (Wildman–Crippen MR) is 64.3 cm³/mol. The summed E-state index contributed by atoms with van der Waals surface area (Å²) < 4.78 is 20.2. The van der Waals surface area contributed by atoms with Gasteiger partial charge in [-0.3, -0.25) is 4.68 Å². The summed E-state index contributed by atoms with van der Waals surface area (Å²) in [6.45, 7) is 0.668. The van der Waals surface area contributed by atoms with E-state index in [-0.39, 0.29) is 19.0 Å². The fraction of sp³-hybridized carbons (Fsp3) is 0.308. The van der Waals surface area contributed by atoms with E-state index in [4.69, 9.17) is 4.74 Å². The highest BCUT2D eigenvalue weighted by molar-refractivity contribution is 5.16. The number of ether oxygens (including phenoxy) is 1. The van der Waals surface area contributed by atoms with Crippen LogP contribution >= 0.6 is 0 Å². The first-order valence-corrected chi connectivity index (χ1v) is 5.72. The molecule has 0 aliphatic rings. The Hall–Kier alpha value is -1.72. The fourth-order valence-corrected chi connectivity index (χ4v) is 1.60. The van der Waals surface area contributed by atoms with E-state index in [1.54, 1.807) is 41.3 Å². The Labute approximate surface area is 105 Å². The Kier molecular flexibility index (Phi) is 4.44. The second kappa shape index (κ2) is 6.28. The molecule has 0 saturated carbocycles. The van der Waals surface area contributed by atoms with E-state index in [1.165, 1.54) is 6.07 Å². The van der Waals surface area contributed by atoms with E-state index in [1.807, 2.05) is 0 Å².